The zero-order valence-corrected chi connectivity index (χ0v) is 13.3. The quantitative estimate of drug-likeness (QED) is 0.845. The van der Waals surface area contributed by atoms with E-state index in [-0.39, 0.29) is 11.9 Å². The highest BCUT2D eigenvalue weighted by Gasteiger charge is 2.35. The Morgan fingerprint density at radius 1 is 1.39 bits per heavy atom. The number of aryl methyl sites for hydroxylation is 2. The van der Waals surface area contributed by atoms with E-state index in [0.29, 0.717) is 24.7 Å². The van der Waals surface area contributed by atoms with Crippen LogP contribution in [0.15, 0.2) is 16.9 Å². The number of aromatic nitrogens is 4. The lowest BCUT2D eigenvalue weighted by Crippen LogP contribution is -2.31. The number of nitrogens with zero attached hydrogens (tertiary/aromatic N) is 5. The summed E-state index contributed by atoms with van der Waals surface area (Å²) in [5.74, 6) is 2.00. The second kappa shape index (κ2) is 5.79. The Morgan fingerprint density at radius 3 is 3.00 bits per heavy atom. The highest BCUT2D eigenvalue weighted by molar-refractivity contribution is 5.76. The fraction of sp³-hybridized carbons (Fsp3) is 0.625. The van der Waals surface area contributed by atoms with Crippen LogP contribution in [-0.2, 0) is 11.3 Å². The molecule has 23 heavy (non-hydrogen) atoms. The molecular weight excluding hydrogens is 294 g/mol. The topological polar surface area (TPSA) is 77.0 Å². The van der Waals surface area contributed by atoms with Crippen molar-refractivity contribution in [2.45, 2.75) is 57.5 Å². The van der Waals surface area contributed by atoms with Crippen LogP contribution in [0.1, 0.15) is 61.3 Å². The van der Waals surface area contributed by atoms with Crippen molar-refractivity contribution in [2.24, 2.45) is 0 Å². The normalized spacial score (nSPS) is 21.1. The zero-order valence-electron chi connectivity index (χ0n) is 13.3. The van der Waals surface area contributed by atoms with Crippen LogP contribution in [0, 0.1) is 6.92 Å². The first kappa shape index (κ1) is 14.4. The minimum atomic E-state index is -0.0295. The van der Waals surface area contributed by atoms with Gasteiger partial charge in [-0.15, -0.1) is 0 Å². The van der Waals surface area contributed by atoms with Gasteiger partial charge in [-0.25, -0.2) is 0 Å². The Morgan fingerprint density at radius 2 is 2.26 bits per heavy atom. The highest BCUT2D eigenvalue weighted by atomic mass is 16.5. The highest BCUT2D eigenvalue weighted by Crippen LogP contribution is 2.40. The molecule has 1 atom stereocenters. The Hall–Kier alpha value is -2.18. The monoisotopic (exact) mass is 315 g/mol. The number of carbonyl (C=O) groups excluding carboxylic acids is 1. The van der Waals surface area contributed by atoms with E-state index in [0.717, 1.165) is 43.7 Å². The van der Waals surface area contributed by atoms with Crippen molar-refractivity contribution < 1.29 is 9.32 Å². The van der Waals surface area contributed by atoms with Crippen molar-refractivity contribution in [1.82, 2.24) is 24.8 Å². The maximum atomic E-state index is 12.6. The van der Waals surface area contributed by atoms with Gasteiger partial charge in [-0.3, -0.25) is 9.48 Å². The number of hydrogen-bond acceptors (Lipinski definition) is 5. The molecule has 1 saturated carbocycles. The van der Waals surface area contributed by atoms with Crippen molar-refractivity contribution in [3.8, 4) is 0 Å². The molecule has 1 amide bonds. The minimum Gasteiger partial charge on any atom is -0.339 e. The Labute approximate surface area is 134 Å². The third kappa shape index (κ3) is 3.00. The smallest absolute Gasteiger partial charge is 0.229 e. The summed E-state index contributed by atoms with van der Waals surface area (Å²) in [6.07, 6.45) is 8.39. The van der Waals surface area contributed by atoms with E-state index in [1.54, 1.807) is 0 Å². The molecule has 1 aliphatic heterocycles. The van der Waals surface area contributed by atoms with Gasteiger partial charge in [0, 0.05) is 31.6 Å². The lowest BCUT2D eigenvalue weighted by molar-refractivity contribution is -0.132. The SMILES string of the molecule is Cc1cnn(CCC(=O)N2CCCC2c2noc(C3CC3)n2)c1. The van der Waals surface area contributed by atoms with Crippen LogP contribution in [-0.4, -0.2) is 37.3 Å². The third-order valence-corrected chi connectivity index (χ3v) is 4.57. The zero-order chi connectivity index (χ0) is 15.8. The molecule has 2 aliphatic rings. The van der Waals surface area contributed by atoms with Gasteiger partial charge in [0.15, 0.2) is 5.82 Å². The van der Waals surface area contributed by atoms with Gasteiger partial charge in [-0.05, 0) is 38.2 Å². The number of hydrogen-bond donors (Lipinski definition) is 0. The van der Waals surface area contributed by atoms with Gasteiger partial charge in [0.1, 0.15) is 0 Å². The van der Waals surface area contributed by atoms with Crippen LogP contribution in [0.25, 0.3) is 0 Å². The third-order valence-electron chi connectivity index (χ3n) is 4.57. The van der Waals surface area contributed by atoms with Gasteiger partial charge in [-0.2, -0.15) is 10.1 Å². The van der Waals surface area contributed by atoms with Gasteiger partial charge in [0.25, 0.3) is 0 Å². The van der Waals surface area contributed by atoms with Crippen molar-refractivity contribution in [1.29, 1.82) is 0 Å². The standard InChI is InChI=1S/C16H21N5O2/c1-11-9-17-20(10-11)8-6-14(22)21-7-2-3-13(21)15-18-16(23-19-15)12-4-5-12/h9-10,12-13H,2-8H2,1H3. The maximum Gasteiger partial charge on any atom is 0.229 e. The second-order valence-corrected chi connectivity index (χ2v) is 6.54. The summed E-state index contributed by atoms with van der Waals surface area (Å²) in [5, 5.41) is 8.34. The Kier molecular flexibility index (Phi) is 3.63. The van der Waals surface area contributed by atoms with Crippen molar-refractivity contribution >= 4 is 5.91 Å². The lowest BCUT2D eigenvalue weighted by Gasteiger charge is -2.22. The summed E-state index contributed by atoms with van der Waals surface area (Å²) in [5.41, 5.74) is 1.11. The molecule has 7 heteroatoms. The minimum absolute atomic E-state index is 0.0295. The van der Waals surface area contributed by atoms with E-state index in [1.807, 2.05) is 28.9 Å². The van der Waals surface area contributed by atoms with Gasteiger partial charge in [0.05, 0.1) is 12.2 Å². The van der Waals surface area contributed by atoms with Gasteiger partial charge >= 0.3 is 0 Å². The summed E-state index contributed by atoms with van der Waals surface area (Å²) in [4.78, 5) is 19.0. The van der Waals surface area contributed by atoms with E-state index in [9.17, 15) is 4.79 Å². The average Bonchev–Trinajstić information content (AvgIpc) is 2.96. The van der Waals surface area contributed by atoms with Crippen LogP contribution < -0.4 is 0 Å². The molecule has 2 fully saturated rings. The molecule has 0 spiro atoms. The average molecular weight is 315 g/mol. The van der Waals surface area contributed by atoms with Crippen molar-refractivity contribution in [2.75, 3.05) is 6.54 Å². The number of rotatable bonds is 5. The molecule has 3 heterocycles. The van der Waals surface area contributed by atoms with Crippen LogP contribution in [0.4, 0.5) is 0 Å². The molecule has 0 aromatic carbocycles. The maximum absolute atomic E-state index is 12.6. The first-order valence-electron chi connectivity index (χ1n) is 8.33. The van der Waals surface area contributed by atoms with E-state index in [4.69, 9.17) is 4.52 Å². The molecule has 0 radical (unpaired) electrons. The molecule has 1 unspecified atom stereocenters. The van der Waals surface area contributed by atoms with E-state index in [2.05, 4.69) is 15.2 Å². The van der Waals surface area contributed by atoms with E-state index in [1.165, 1.54) is 0 Å². The fourth-order valence-corrected chi connectivity index (χ4v) is 3.16. The molecule has 1 saturated heterocycles. The van der Waals surface area contributed by atoms with Crippen LogP contribution >= 0.6 is 0 Å². The summed E-state index contributed by atoms with van der Waals surface area (Å²) < 4.78 is 7.17. The van der Waals surface area contributed by atoms with Gasteiger partial charge in [0.2, 0.25) is 11.8 Å². The Balaban J connectivity index is 1.40. The summed E-state index contributed by atoms with van der Waals surface area (Å²) in [7, 11) is 0. The largest absolute Gasteiger partial charge is 0.339 e. The summed E-state index contributed by atoms with van der Waals surface area (Å²) in [6, 6.07) is -0.0295. The molecular formula is C16H21N5O2. The number of likely N-dealkylation sites (tertiary alicyclic amines) is 1. The van der Waals surface area contributed by atoms with Crippen molar-refractivity contribution in [3.63, 3.8) is 0 Å². The molecule has 7 nitrogen and oxygen atoms in total. The van der Waals surface area contributed by atoms with Crippen LogP contribution in [0.5, 0.6) is 0 Å². The molecule has 1 aliphatic carbocycles. The molecule has 2 aromatic rings. The molecule has 0 N–H and O–H groups in total. The molecule has 2 aromatic heterocycles. The summed E-state index contributed by atoms with van der Waals surface area (Å²) in [6.45, 7) is 3.37. The van der Waals surface area contributed by atoms with E-state index >= 15 is 0 Å². The second-order valence-electron chi connectivity index (χ2n) is 6.54. The van der Waals surface area contributed by atoms with Crippen LogP contribution in [0.2, 0.25) is 0 Å². The molecule has 122 valence electrons. The molecule has 0 bridgehead atoms. The summed E-state index contributed by atoms with van der Waals surface area (Å²) >= 11 is 0. The first-order valence-corrected chi connectivity index (χ1v) is 8.33. The van der Waals surface area contributed by atoms with E-state index < -0.39 is 0 Å². The Bertz CT molecular complexity index is 703. The predicted molar refractivity (Wildman–Crippen MR) is 81.5 cm³/mol. The number of amides is 1. The molecule has 4 rings (SSSR count). The lowest BCUT2D eigenvalue weighted by atomic mass is 10.2. The predicted octanol–water partition coefficient (Wildman–Crippen LogP) is 2.21. The fourth-order valence-electron chi connectivity index (χ4n) is 3.16. The number of carbonyl (C=O) groups is 1. The van der Waals surface area contributed by atoms with Crippen LogP contribution in [0.3, 0.4) is 0 Å². The van der Waals surface area contributed by atoms with Gasteiger partial charge in [-0.1, -0.05) is 5.16 Å². The first-order chi connectivity index (χ1) is 11.2. The van der Waals surface area contributed by atoms with Crippen molar-refractivity contribution in [3.05, 3.63) is 29.7 Å². The van der Waals surface area contributed by atoms with Gasteiger partial charge < -0.3 is 9.42 Å².